The van der Waals surface area contributed by atoms with E-state index in [-0.39, 0.29) is 12.2 Å². The molecule has 0 aliphatic carbocycles. The second-order valence-corrected chi connectivity index (χ2v) is 5.99. The molecule has 8 heteroatoms. The van der Waals surface area contributed by atoms with E-state index in [1.54, 1.807) is 6.07 Å². The first-order valence-electron chi connectivity index (χ1n) is 7.14. The Bertz CT molecular complexity index is 792. The van der Waals surface area contributed by atoms with Crippen LogP contribution in [-0.2, 0) is 11.0 Å². The first-order chi connectivity index (χ1) is 11.8. The van der Waals surface area contributed by atoms with Crippen LogP contribution in [0.25, 0.3) is 0 Å². The number of hydrazone groups is 1. The van der Waals surface area contributed by atoms with Crippen molar-refractivity contribution in [3.05, 3.63) is 63.6 Å². The third-order valence-corrected chi connectivity index (χ3v) is 3.68. The molecule has 0 heterocycles. The Kier molecular flexibility index (Phi) is 6.19. The molecule has 2 aromatic carbocycles. The van der Waals surface area contributed by atoms with E-state index in [9.17, 15) is 18.0 Å². The van der Waals surface area contributed by atoms with Gasteiger partial charge >= 0.3 is 6.18 Å². The molecule has 4 nitrogen and oxygen atoms in total. The smallest absolute Gasteiger partial charge is 0.416 e. The van der Waals surface area contributed by atoms with E-state index in [0.717, 1.165) is 23.9 Å². The lowest BCUT2D eigenvalue weighted by molar-refractivity contribution is -0.137. The Morgan fingerprint density at radius 1 is 1.28 bits per heavy atom. The third-order valence-electron chi connectivity index (χ3n) is 3.06. The molecule has 0 saturated carbocycles. The van der Waals surface area contributed by atoms with Crippen LogP contribution in [0.1, 0.15) is 16.7 Å². The van der Waals surface area contributed by atoms with E-state index >= 15 is 0 Å². The molecular formula is C17H14BrF3N2O2. The number of hydrogen-bond donors (Lipinski definition) is 1. The van der Waals surface area contributed by atoms with Gasteiger partial charge in [-0.3, -0.25) is 4.79 Å². The van der Waals surface area contributed by atoms with Crippen molar-refractivity contribution >= 4 is 28.1 Å². The Labute approximate surface area is 150 Å². The van der Waals surface area contributed by atoms with Crippen molar-refractivity contribution in [2.75, 3.05) is 6.61 Å². The van der Waals surface area contributed by atoms with Crippen LogP contribution in [0, 0.1) is 6.92 Å². The molecule has 0 aromatic heterocycles. The summed E-state index contributed by atoms with van der Waals surface area (Å²) in [5.74, 6) is -0.0293. The van der Waals surface area contributed by atoms with Crippen molar-refractivity contribution in [2.24, 2.45) is 5.10 Å². The molecule has 1 amide bonds. The number of ether oxygens (including phenoxy) is 1. The summed E-state index contributed by atoms with van der Waals surface area (Å²) in [7, 11) is 0. The largest absolute Gasteiger partial charge is 0.483 e. The molecule has 132 valence electrons. The number of carbonyl (C=O) groups is 1. The lowest BCUT2D eigenvalue weighted by atomic mass is 10.1. The van der Waals surface area contributed by atoms with Gasteiger partial charge in [0.15, 0.2) is 6.61 Å². The Morgan fingerprint density at radius 3 is 2.72 bits per heavy atom. The van der Waals surface area contributed by atoms with E-state index in [1.807, 2.05) is 19.1 Å². The maximum absolute atomic E-state index is 12.6. The first-order valence-corrected chi connectivity index (χ1v) is 7.93. The SMILES string of the molecule is Cc1ccc(OCC(=O)N/N=C/c2cccc(C(F)(F)F)c2)c(Br)c1. The second kappa shape index (κ2) is 8.15. The zero-order chi connectivity index (χ0) is 18.4. The summed E-state index contributed by atoms with van der Waals surface area (Å²) in [5.41, 5.74) is 2.67. The number of amides is 1. The summed E-state index contributed by atoms with van der Waals surface area (Å²) in [6.07, 6.45) is -3.29. The average Bonchev–Trinajstić information content (AvgIpc) is 2.53. The Hall–Kier alpha value is -2.35. The van der Waals surface area contributed by atoms with Gasteiger partial charge in [0.25, 0.3) is 5.91 Å². The number of benzene rings is 2. The van der Waals surface area contributed by atoms with Gasteiger partial charge in [0.1, 0.15) is 5.75 Å². The van der Waals surface area contributed by atoms with Crippen molar-refractivity contribution in [3.63, 3.8) is 0 Å². The van der Waals surface area contributed by atoms with Gasteiger partial charge in [-0.1, -0.05) is 18.2 Å². The lowest BCUT2D eigenvalue weighted by Gasteiger charge is -2.08. The Balaban J connectivity index is 1.88. The predicted molar refractivity (Wildman–Crippen MR) is 91.6 cm³/mol. The molecule has 0 spiro atoms. The summed E-state index contributed by atoms with van der Waals surface area (Å²) >= 11 is 3.32. The standard InChI is InChI=1S/C17H14BrF3N2O2/c1-11-5-6-15(14(18)7-11)25-10-16(24)23-22-9-12-3-2-4-13(8-12)17(19,20)21/h2-9H,10H2,1H3,(H,23,24)/b22-9+. The van der Waals surface area contributed by atoms with E-state index < -0.39 is 17.6 Å². The van der Waals surface area contributed by atoms with Crippen molar-refractivity contribution in [1.82, 2.24) is 5.43 Å². The average molecular weight is 415 g/mol. The highest BCUT2D eigenvalue weighted by Gasteiger charge is 2.30. The molecular weight excluding hydrogens is 401 g/mol. The number of nitrogens with one attached hydrogen (secondary N) is 1. The molecule has 0 saturated heterocycles. The quantitative estimate of drug-likeness (QED) is 0.585. The Morgan fingerprint density at radius 2 is 2.04 bits per heavy atom. The number of halogens is 4. The normalized spacial score (nSPS) is 11.6. The molecule has 0 atom stereocenters. The van der Waals surface area contributed by atoms with Gasteiger partial charge < -0.3 is 4.74 Å². The minimum atomic E-state index is -4.43. The zero-order valence-corrected chi connectivity index (χ0v) is 14.7. The monoisotopic (exact) mass is 414 g/mol. The lowest BCUT2D eigenvalue weighted by Crippen LogP contribution is -2.24. The van der Waals surface area contributed by atoms with Crippen LogP contribution < -0.4 is 10.2 Å². The van der Waals surface area contributed by atoms with Crippen LogP contribution >= 0.6 is 15.9 Å². The van der Waals surface area contributed by atoms with Crippen LogP contribution in [-0.4, -0.2) is 18.7 Å². The van der Waals surface area contributed by atoms with Gasteiger partial charge in [-0.25, -0.2) is 5.43 Å². The van der Waals surface area contributed by atoms with Crippen LogP contribution in [0.4, 0.5) is 13.2 Å². The molecule has 2 rings (SSSR count). The van der Waals surface area contributed by atoms with Crippen LogP contribution in [0.15, 0.2) is 52.0 Å². The highest BCUT2D eigenvalue weighted by Crippen LogP contribution is 2.29. The maximum atomic E-state index is 12.6. The maximum Gasteiger partial charge on any atom is 0.416 e. The fourth-order valence-electron chi connectivity index (χ4n) is 1.87. The number of alkyl halides is 3. The predicted octanol–water partition coefficient (Wildman–Crippen LogP) is 4.31. The number of hydrogen-bond acceptors (Lipinski definition) is 3. The fourth-order valence-corrected chi connectivity index (χ4v) is 2.48. The van der Waals surface area contributed by atoms with Crippen LogP contribution in [0.3, 0.4) is 0 Å². The van der Waals surface area contributed by atoms with Crippen molar-refractivity contribution in [2.45, 2.75) is 13.1 Å². The number of carbonyl (C=O) groups excluding carboxylic acids is 1. The zero-order valence-electron chi connectivity index (χ0n) is 13.1. The summed E-state index contributed by atoms with van der Waals surface area (Å²) < 4.78 is 43.9. The van der Waals surface area contributed by atoms with E-state index in [1.165, 1.54) is 12.1 Å². The van der Waals surface area contributed by atoms with E-state index in [0.29, 0.717) is 10.2 Å². The van der Waals surface area contributed by atoms with E-state index in [2.05, 4.69) is 26.5 Å². The molecule has 25 heavy (non-hydrogen) atoms. The van der Waals surface area contributed by atoms with Gasteiger partial charge in [0.2, 0.25) is 0 Å². The molecule has 0 aliphatic heterocycles. The second-order valence-electron chi connectivity index (χ2n) is 5.14. The molecule has 0 aliphatic rings. The highest BCUT2D eigenvalue weighted by molar-refractivity contribution is 9.10. The molecule has 0 radical (unpaired) electrons. The molecule has 1 N–H and O–H groups in total. The summed E-state index contributed by atoms with van der Waals surface area (Å²) in [6.45, 7) is 1.64. The van der Waals surface area contributed by atoms with Crippen molar-refractivity contribution in [3.8, 4) is 5.75 Å². The molecule has 0 bridgehead atoms. The summed E-state index contributed by atoms with van der Waals surface area (Å²) in [5, 5.41) is 3.63. The third kappa shape index (κ3) is 5.90. The van der Waals surface area contributed by atoms with Gasteiger partial charge in [0, 0.05) is 0 Å². The van der Waals surface area contributed by atoms with Gasteiger partial charge in [-0.05, 0) is 58.2 Å². The molecule has 2 aromatic rings. The van der Waals surface area contributed by atoms with Crippen LogP contribution in [0.2, 0.25) is 0 Å². The number of rotatable bonds is 5. The number of aryl methyl sites for hydroxylation is 1. The van der Waals surface area contributed by atoms with Crippen molar-refractivity contribution in [1.29, 1.82) is 0 Å². The van der Waals surface area contributed by atoms with Crippen LogP contribution in [0.5, 0.6) is 5.75 Å². The number of nitrogens with zero attached hydrogens (tertiary/aromatic N) is 1. The van der Waals surface area contributed by atoms with Gasteiger partial charge in [-0.15, -0.1) is 0 Å². The highest BCUT2D eigenvalue weighted by atomic mass is 79.9. The molecule has 0 unspecified atom stereocenters. The fraction of sp³-hybridized carbons (Fsp3) is 0.176. The minimum Gasteiger partial charge on any atom is -0.483 e. The molecule has 0 fully saturated rings. The van der Waals surface area contributed by atoms with Gasteiger partial charge in [-0.2, -0.15) is 18.3 Å². The topological polar surface area (TPSA) is 50.7 Å². The van der Waals surface area contributed by atoms with Gasteiger partial charge in [0.05, 0.1) is 16.3 Å². The summed E-state index contributed by atoms with van der Waals surface area (Å²) in [4.78, 5) is 11.7. The first kappa shape index (κ1) is 19.0. The minimum absolute atomic E-state index is 0.220. The van der Waals surface area contributed by atoms with Crippen molar-refractivity contribution < 1.29 is 22.7 Å². The van der Waals surface area contributed by atoms with E-state index in [4.69, 9.17) is 4.74 Å². The summed E-state index contributed by atoms with van der Waals surface area (Å²) in [6, 6.07) is 10.0.